The molecule has 0 bridgehead atoms. The van der Waals surface area contributed by atoms with Crippen LogP contribution in [0, 0.1) is 0 Å². The van der Waals surface area contributed by atoms with Gasteiger partial charge in [0.1, 0.15) is 0 Å². The number of hydrogen-bond donors (Lipinski definition) is 1. The molecule has 1 heterocycles. The van der Waals surface area contributed by atoms with Gasteiger partial charge < -0.3 is 5.73 Å². The van der Waals surface area contributed by atoms with Crippen LogP contribution in [0.2, 0.25) is 0 Å². The Morgan fingerprint density at radius 1 is 1.06 bits per heavy atom. The van der Waals surface area contributed by atoms with Crippen molar-refractivity contribution in [3.05, 3.63) is 54.1 Å². The van der Waals surface area contributed by atoms with Gasteiger partial charge in [0.15, 0.2) is 0 Å². The molecule has 1 aliphatic heterocycles. The van der Waals surface area contributed by atoms with E-state index in [1.807, 2.05) is 42.6 Å². The number of anilines is 1. The van der Waals surface area contributed by atoms with Crippen molar-refractivity contribution in [1.29, 1.82) is 0 Å². The topological polar surface area (TPSA) is 50.7 Å². The summed E-state index contributed by atoms with van der Waals surface area (Å²) in [6.07, 6.45) is 10.0. The maximum atomic E-state index is 5.77. The second-order valence-electron chi connectivity index (χ2n) is 4.17. The number of hydrogen-bond acceptors (Lipinski definition) is 3. The highest BCUT2D eigenvalue weighted by Gasteiger charge is 2.20. The molecule has 3 rings (SSSR count). The van der Waals surface area contributed by atoms with Crippen LogP contribution >= 0.6 is 0 Å². The molecule has 2 aliphatic rings. The molecule has 3 nitrogen and oxygen atoms in total. The normalized spacial score (nSPS) is 25.5. The van der Waals surface area contributed by atoms with Crippen molar-refractivity contribution in [2.45, 2.75) is 12.1 Å². The molecule has 2 atom stereocenters. The Bertz CT molecular complexity index is 552. The average molecular weight is 223 g/mol. The largest absolute Gasteiger partial charge is 0.399 e. The molecule has 1 aromatic rings. The van der Waals surface area contributed by atoms with Crippen molar-refractivity contribution in [3.63, 3.8) is 0 Å². The highest BCUT2D eigenvalue weighted by molar-refractivity contribution is 6.38. The van der Waals surface area contributed by atoms with Crippen LogP contribution in [0.3, 0.4) is 0 Å². The molecular weight excluding hydrogens is 210 g/mol. The molecule has 0 saturated carbocycles. The summed E-state index contributed by atoms with van der Waals surface area (Å²) in [6, 6.07) is 8.02. The van der Waals surface area contributed by atoms with E-state index in [1.54, 1.807) is 0 Å². The van der Waals surface area contributed by atoms with Crippen LogP contribution in [0.4, 0.5) is 5.69 Å². The fourth-order valence-electron chi connectivity index (χ4n) is 2.04. The lowest BCUT2D eigenvalue weighted by Crippen LogP contribution is -2.27. The van der Waals surface area contributed by atoms with E-state index in [4.69, 9.17) is 5.73 Å². The van der Waals surface area contributed by atoms with Crippen LogP contribution in [-0.2, 0) is 0 Å². The van der Waals surface area contributed by atoms with Crippen LogP contribution < -0.4 is 5.73 Å². The molecular formula is C14H13N3. The van der Waals surface area contributed by atoms with Gasteiger partial charge in [0.25, 0.3) is 0 Å². The summed E-state index contributed by atoms with van der Waals surface area (Å²) < 4.78 is 0. The number of nitrogen functional groups attached to an aromatic ring is 1. The molecule has 0 spiro atoms. The van der Waals surface area contributed by atoms with E-state index in [2.05, 4.69) is 22.1 Å². The zero-order valence-corrected chi connectivity index (χ0v) is 9.32. The Morgan fingerprint density at radius 2 is 1.88 bits per heavy atom. The van der Waals surface area contributed by atoms with E-state index >= 15 is 0 Å². The third-order valence-corrected chi connectivity index (χ3v) is 2.92. The zero-order chi connectivity index (χ0) is 11.7. The summed E-state index contributed by atoms with van der Waals surface area (Å²) in [7, 11) is 0. The Morgan fingerprint density at radius 3 is 2.71 bits per heavy atom. The number of fused-ring (bicyclic) bond motifs is 1. The van der Waals surface area contributed by atoms with Crippen molar-refractivity contribution in [2.75, 3.05) is 5.73 Å². The highest BCUT2D eigenvalue weighted by Crippen LogP contribution is 2.18. The fraction of sp³-hybridized carbons (Fsp3) is 0.143. The summed E-state index contributed by atoms with van der Waals surface area (Å²) in [6.45, 7) is 0. The van der Waals surface area contributed by atoms with Gasteiger partial charge in [-0.15, -0.1) is 0 Å². The molecule has 3 heteroatoms. The fourth-order valence-corrected chi connectivity index (χ4v) is 2.04. The van der Waals surface area contributed by atoms with E-state index in [0.29, 0.717) is 0 Å². The Balaban J connectivity index is 1.95. The molecule has 1 aliphatic carbocycles. The van der Waals surface area contributed by atoms with Crippen molar-refractivity contribution in [1.82, 2.24) is 0 Å². The molecule has 0 fully saturated rings. The molecule has 0 amide bonds. The lowest BCUT2D eigenvalue weighted by molar-refractivity contribution is 0.700. The lowest BCUT2D eigenvalue weighted by Gasteiger charge is -2.21. The van der Waals surface area contributed by atoms with Gasteiger partial charge in [0.05, 0.1) is 17.8 Å². The van der Waals surface area contributed by atoms with Gasteiger partial charge in [-0.2, -0.15) is 0 Å². The van der Waals surface area contributed by atoms with Gasteiger partial charge >= 0.3 is 0 Å². The minimum atomic E-state index is 0.126. The second-order valence-corrected chi connectivity index (χ2v) is 4.17. The third kappa shape index (κ3) is 1.91. The molecule has 0 saturated heterocycles. The smallest absolute Gasteiger partial charge is 0.0950 e. The van der Waals surface area contributed by atoms with Crippen LogP contribution in [0.15, 0.2) is 58.6 Å². The number of nitrogens with two attached hydrogens (primary N) is 1. The first-order valence-electron chi connectivity index (χ1n) is 5.65. The van der Waals surface area contributed by atoms with Crippen molar-refractivity contribution in [3.8, 4) is 0 Å². The SMILES string of the molecule is Nc1cccc(C2=N[C@H]3C=CC=C[C@@H]3N=C2)c1. The number of rotatable bonds is 1. The molecule has 84 valence electrons. The number of benzene rings is 1. The summed E-state index contributed by atoms with van der Waals surface area (Å²) in [5, 5.41) is 0. The quantitative estimate of drug-likeness (QED) is 0.727. The summed E-state index contributed by atoms with van der Waals surface area (Å²) in [4.78, 5) is 9.19. The first kappa shape index (κ1) is 10.0. The van der Waals surface area contributed by atoms with Gasteiger partial charge in [-0.05, 0) is 12.1 Å². The van der Waals surface area contributed by atoms with Crippen molar-refractivity contribution < 1.29 is 0 Å². The second kappa shape index (κ2) is 4.01. The summed E-state index contributed by atoms with van der Waals surface area (Å²) in [5.41, 5.74) is 8.45. The Labute approximate surface area is 100 Å². The third-order valence-electron chi connectivity index (χ3n) is 2.92. The van der Waals surface area contributed by atoms with Gasteiger partial charge in [-0.3, -0.25) is 9.98 Å². The predicted molar refractivity (Wildman–Crippen MR) is 71.7 cm³/mol. The van der Waals surface area contributed by atoms with Crippen LogP contribution in [0.5, 0.6) is 0 Å². The zero-order valence-electron chi connectivity index (χ0n) is 9.32. The molecule has 0 aromatic heterocycles. The average Bonchev–Trinajstić information content (AvgIpc) is 2.38. The van der Waals surface area contributed by atoms with Crippen LogP contribution in [0.25, 0.3) is 0 Å². The minimum Gasteiger partial charge on any atom is -0.399 e. The maximum absolute atomic E-state index is 5.77. The van der Waals surface area contributed by atoms with E-state index in [1.165, 1.54) is 0 Å². The van der Waals surface area contributed by atoms with E-state index in [0.717, 1.165) is 17.0 Å². The number of allylic oxidation sites excluding steroid dienone is 2. The van der Waals surface area contributed by atoms with Gasteiger partial charge in [-0.25, -0.2) is 0 Å². The first-order chi connectivity index (χ1) is 8.33. The molecule has 2 N–H and O–H groups in total. The summed E-state index contributed by atoms with van der Waals surface area (Å²) in [5.74, 6) is 0. The number of aliphatic imine (C=N–C) groups is 2. The Hall–Kier alpha value is -2.16. The number of nitrogens with zero attached hydrogens (tertiary/aromatic N) is 2. The molecule has 0 unspecified atom stereocenters. The standard InChI is InChI=1S/C14H13N3/c15-11-5-3-4-10(8-11)14-9-16-12-6-1-2-7-13(12)17-14/h1-9,12-13H,15H2/t12-,13-/m0/s1. The predicted octanol–water partition coefficient (Wildman–Crippen LogP) is 2.01. The van der Waals surface area contributed by atoms with Crippen LogP contribution in [0.1, 0.15) is 5.56 Å². The molecule has 0 radical (unpaired) electrons. The Kier molecular flexibility index (Phi) is 2.37. The summed E-state index contributed by atoms with van der Waals surface area (Å²) >= 11 is 0. The molecule has 1 aromatic carbocycles. The van der Waals surface area contributed by atoms with Gasteiger partial charge in [0, 0.05) is 17.5 Å². The van der Waals surface area contributed by atoms with E-state index < -0.39 is 0 Å². The van der Waals surface area contributed by atoms with Gasteiger partial charge in [0.2, 0.25) is 0 Å². The highest BCUT2D eigenvalue weighted by atomic mass is 14.9. The van der Waals surface area contributed by atoms with Crippen molar-refractivity contribution in [2.24, 2.45) is 9.98 Å². The van der Waals surface area contributed by atoms with Crippen molar-refractivity contribution >= 4 is 17.6 Å². The maximum Gasteiger partial charge on any atom is 0.0950 e. The lowest BCUT2D eigenvalue weighted by atomic mass is 10.0. The molecule has 17 heavy (non-hydrogen) atoms. The first-order valence-corrected chi connectivity index (χ1v) is 5.65. The van der Waals surface area contributed by atoms with E-state index in [-0.39, 0.29) is 12.1 Å². The van der Waals surface area contributed by atoms with Crippen LogP contribution in [-0.4, -0.2) is 24.0 Å². The monoisotopic (exact) mass is 223 g/mol. The van der Waals surface area contributed by atoms with E-state index in [9.17, 15) is 0 Å². The van der Waals surface area contributed by atoms with Gasteiger partial charge in [-0.1, -0.05) is 36.4 Å². The minimum absolute atomic E-state index is 0.126.